The number of hydrogen-bond donors (Lipinski definition) is 1. The molecule has 0 aliphatic carbocycles. The van der Waals surface area contributed by atoms with Gasteiger partial charge in [0.2, 0.25) is 0 Å². The Hall–Kier alpha value is 0.730. The van der Waals surface area contributed by atoms with Gasteiger partial charge in [-0.3, -0.25) is 4.57 Å². The fraction of sp³-hybridized carbons (Fsp3) is 1.00. The molecule has 3 nitrogen and oxygen atoms in total. The van der Waals surface area contributed by atoms with Crippen molar-refractivity contribution in [1.29, 1.82) is 0 Å². The second kappa shape index (κ2) is 5.57. The Morgan fingerprint density at radius 2 is 2.31 bits per heavy atom. The Kier molecular flexibility index (Phi) is 5.06. The number of rotatable bonds is 4. The largest absolute Gasteiger partial charge is 0.317 e. The maximum atomic E-state index is 12.1. The molecule has 1 rings (SSSR count). The highest BCUT2D eigenvalue weighted by molar-refractivity contribution is 7.57. The molecule has 13 heavy (non-hydrogen) atoms. The lowest BCUT2D eigenvalue weighted by Gasteiger charge is -2.30. The molecule has 1 N–H and O–H groups in total. The van der Waals surface area contributed by atoms with Crippen LogP contribution in [0, 0.1) is 0 Å². The minimum absolute atomic E-state index is 0.0499. The molecule has 0 bridgehead atoms. The van der Waals surface area contributed by atoms with Crippen LogP contribution < -0.4 is 5.09 Å². The molecule has 0 saturated carbocycles. The van der Waals surface area contributed by atoms with E-state index in [1.807, 2.05) is 0 Å². The van der Waals surface area contributed by atoms with Crippen LogP contribution in [0.5, 0.6) is 0 Å². The maximum Gasteiger partial charge on any atom is 0.274 e. The Labute approximate surface area is 88.6 Å². The van der Waals surface area contributed by atoms with E-state index in [9.17, 15) is 4.57 Å². The maximum absolute atomic E-state index is 12.1. The van der Waals surface area contributed by atoms with Crippen molar-refractivity contribution >= 4 is 30.7 Å². The lowest BCUT2D eigenvalue weighted by atomic mass is 10.2. The average Bonchev–Trinajstić information content (AvgIpc) is 2.16. The summed E-state index contributed by atoms with van der Waals surface area (Å²) >= 11 is 11.2. The van der Waals surface area contributed by atoms with Crippen molar-refractivity contribution in [2.24, 2.45) is 0 Å². The third-order valence-corrected chi connectivity index (χ3v) is 5.46. The second-order valence-electron chi connectivity index (χ2n) is 2.98. The second-order valence-corrected chi connectivity index (χ2v) is 6.16. The number of alkyl halides is 2. The summed E-state index contributed by atoms with van der Waals surface area (Å²) in [6.45, 7) is 1.06. The molecule has 0 aromatic rings. The minimum Gasteiger partial charge on any atom is -0.317 e. The normalized spacial score (nSPS) is 34.8. The molecule has 0 aromatic heterocycles. The molecule has 78 valence electrons. The van der Waals surface area contributed by atoms with Gasteiger partial charge in [-0.1, -0.05) is 0 Å². The van der Waals surface area contributed by atoms with Gasteiger partial charge in [-0.2, -0.15) is 0 Å². The summed E-state index contributed by atoms with van der Waals surface area (Å²) in [7, 11) is -2.71. The predicted molar refractivity (Wildman–Crippen MR) is 56.0 cm³/mol. The molecule has 6 heteroatoms. The van der Waals surface area contributed by atoms with Gasteiger partial charge in [0.1, 0.15) is 0 Å². The van der Waals surface area contributed by atoms with Crippen molar-refractivity contribution in [1.82, 2.24) is 5.09 Å². The monoisotopic (exact) mass is 245 g/mol. The van der Waals surface area contributed by atoms with Gasteiger partial charge in [-0.05, 0) is 12.8 Å². The van der Waals surface area contributed by atoms with Crippen molar-refractivity contribution in [3.63, 3.8) is 0 Å². The van der Waals surface area contributed by atoms with E-state index >= 15 is 0 Å². The van der Waals surface area contributed by atoms with E-state index in [0.29, 0.717) is 24.9 Å². The van der Waals surface area contributed by atoms with Gasteiger partial charge in [0, 0.05) is 18.3 Å². The molecule has 1 fully saturated rings. The molecular weight excluding hydrogens is 232 g/mol. The smallest absolute Gasteiger partial charge is 0.274 e. The number of nitrogens with one attached hydrogen (secondary N) is 1. The van der Waals surface area contributed by atoms with E-state index in [1.165, 1.54) is 0 Å². The van der Waals surface area contributed by atoms with Gasteiger partial charge in [0.25, 0.3) is 7.52 Å². The zero-order chi connectivity index (χ0) is 9.73. The Morgan fingerprint density at radius 3 is 2.92 bits per heavy atom. The summed E-state index contributed by atoms with van der Waals surface area (Å²) in [4.78, 5) is 0. The summed E-state index contributed by atoms with van der Waals surface area (Å²) in [6, 6.07) is 0. The van der Waals surface area contributed by atoms with Crippen molar-refractivity contribution in [2.75, 3.05) is 24.9 Å². The van der Waals surface area contributed by atoms with E-state index < -0.39 is 7.52 Å². The van der Waals surface area contributed by atoms with Crippen LogP contribution in [0.25, 0.3) is 0 Å². The highest BCUT2D eigenvalue weighted by Gasteiger charge is 2.35. The predicted octanol–water partition coefficient (Wildman–Crippen LogP) is 2.43. The molecule has 1 heterocycles. The Bertz CT molecular complexity index is 203. The highest BCUT2D eigenvalue weighted by Crippen LogP contribution is 2.52. The molecule has 1 aliphatic rings. The fourth-order valence-corrected chi connectivity index (χ4v) is 4.35. The lowest BCUT2D eigenvalue weighted by Crippen LogP contribution is -2.29. The minimum atomic E-state index is -2.71. The SMILES string of the molecule is O=P1(NCCCl)OCCCC1CCl. The molecule has 0 spiro atoms. The summed E-state index contributed by atoms with van der Waals surface area (Å²) in [6.07, 6.45) is 1.81. The van der Waals surface area contributed by atoms with Gasteiger partial charge in [0.05, 0.1) is 12.3 Å². The van der Waals surface area contributed by atoms with Crippen LogP contribution in [0.2, 0.25) is 0 Å². The van der Waals surface area contributed by atoms with Gasteiger partial charge in [-0.25, -0.2) is 5.09 Å². The van der Waals surface area contributed by atoms with Crippen molar-refractivity contribution in [2.45, 2.75) is 18.5 Å². The van der Waals surface area contributed by atoms with Gasteiger partial charge in [-0.15, -0.1) is 23.2 Å². The molecule has 1 aliphatic heterocycles. The fourth-order valence-electron chi connectivity index (χ4n) is 1.34. The molecular formula is C7H14Cl2NO2P. The van der Waals surface area contributed by atoms with E-state index in [4.69, 9.17) is 27.7 Å². The van der Waals surface area contributed by atoms with Gasteiger partial charge in [0.15, 0.2) is 0 Å². The third-order valence-electron chi connectivity index (χ3n) is 2.05. The van der Waals surface area contributed by atoms with Crippen molar-refractivity contribution in [3.05, 3.63) is 0 Å². The van der Waals surface area contributed by atoms with Crippen LogP contribution in [-0.2, 0) is 9.09 Å². The first-order valence-corrected chi connectivity index (χ1v) is 7.10. The first-order valence-electron chi connectivity index (χ1n) is 4.34. The van der Waals surface area contributed by atoms with Crippen LogP contribution >= 0.6 is 30.7 Å². The van der Waals surface area contributed by atoms with Crippen LogP contribution in [0.1, 0.15) is 12.8 Å². The van der Waals surface area contributed by atoms with E-state index in [1.54, 1.807) is 0 Å². The first-order chi connectivity index (χ1) is 6.23. The van der Waals surface area contributed by atoms with E-state index in [-0.39, 0.29) is 5.66 Å². The van der Waals surface area contributed by atoms with Gasteiger partial charge < -0.3 is 4.52 Å². The standard InChI is InChI=1S/C7H14Cl2NO2P/c8-3-4-10-13(11)7(6-9)2-1-5-12-13/h7H,1-6H2,(H,10,11). The lowest BCUT2D eigenvalue weighted by molar-refractivity contribution is 0.265. The molecule has 0 radical (unpaired) electrons. The molecule has 2 unspecified atom stereocenters. The highest BCUT2D eigenvalue weighted by atomic mass is 35.5. The number of halogens is 2. The van der Waals surface area contributed by atoms with Crippen molar-refractivity contribution < 1.29 is 9.09 Å². The average molecular weight is 246 g/mol. The zero-order valence-corrected chi connectivity index (χ0v) is 9.75. The summed E-state index contributed by atoms with van der Waals surface area (Å²) in [5, 5.41) is 2.87. The summed E-state index contributed by atoms with van der Waals surface area (Å²) < 4.78 is 17.4. The molecule has 2 atom stereocenters. The van der Waals surface area contributed by atoms with E-state index in [2.05, 4.69) is 5.09 Å². The van der Waals surface area contributed by atoms with Crippen LogP contribution in [0.15, 0.2) is 0 Å². The van der Waals surface area contributed by atoms with Crippen LogP contribution in [0.3, 0.4) is 0 Å². The molecule has 0 amide bonds. The third kappa shape index (κ3) is 3.10. The van der Waals surface area contributed by atoms with Gasteiger partial charge >= 0.3 is 0 Å². The van der Waals surface area contributed by atoms with E-state index in [0.717, 1.165) is 12.8 Å². The first kappa shape index (κ1) is 11.8. The summed E-state index contributed by atoms with van der Waals surface area (Å²) in [5.74, 6) is 0.814. The molecule has 0 aromatic carbocycles. The topological polar surface area (TPSA) is 38.3 Å². The summed E-state index contributed by atoms with van der Waals surface area (Å²) in [5.41, 5.74) is -0.0499. The number of hydrogen-bond acceptors (Lipinski definition) is 2. The quantitative estimate of drug-likeness (QED) is 0.611. The Balaban J connectivity index is 2.55. The zero-order valence-electron chi connectivity index (χ0n) is 7.34. The van der Waals surface area contributed by atoms with Crippen LogP contribution in [-0.4, -0.2) is 30.6 Å². The van der Waals surface area contributed by atoms with Crippen molar-refractivity contribution in [3.8, 4) is 0 Å². The molecule has 1 saturated heterocycles. The Morgan fingerprint density at radius 1 is 1.54 bits per heavy atom. The van der Waals surface area contributed by atoms with Crippen LogP contribution in [0.4, 0.5) is 0 Å².